The van der Waals surface area contributed by atoms with E-state index in [0.717, 1.165) is 11.3 Å². The molecule has 0 radical (unpaired) electrons. The number of rotatable bonds is 4. The molecule has 0 spiro atoms. The molecule has 0 amide bonds. The number of hydrogen-bond acceptors (Lipinski definition) is 3. The van der Waals surface area contributed by atoms with E-state index in [0.29, 0.717) is 11.8 Å². The van der Waals surface area contributed by atoms with Crippen molar-refractivity contribution < 1.29 is 14.5 Å². The molecule has 0 aliphatic heterocycles. The molecule has 5 heteroatoms. The molecule has 1 aromatic heterocycles. The van der Waals surface area contributed by atoms with Crippen molar-refractivity contribution in [1.82, 2.24) is 10.2 Å². The monoisotopic (exact) mass is 230 g/mol. The highest BCUT2D eigenvalue weighted by atomic mass is 16.5. The summed E-state index contributed by atoms with van der Waals surface area (Å²) in [5.74, 6) is 3.82. The molecule has 1 aromatic carbocycles. The molecule has 0 aliphatic rings. The lowest BCUT2D eigenvalue weighted by atomic mass is 10.2. The van der Waals surface area contributed by atoms with Crippen LogP contribution in [0.3, 0.4) is 0 Å². The van der Waals surface area contributed by atoms with Crippen molar-refractivity contribution in [2.24, 2.45) is 0 Å². The van der Waals surface area contributed by atoms with E-state index in [4.69, 9.17) is 15.9 Å². The maximum atomic E-state index is 5.25. The number of hydrogen-bond donors (Lipinski definition) is 1. The van der Waals surface area contributed by atoms with Gasteiger partial charge in [-0.1, -0.05) is 18.1 Å². The lowest BCUT2D eigenvalue weighted by Gasteiger charge is -2.01. The zero-order valence-electron chi connectivity index (χ0n) is 9.36. The second-order valence-corrected chi connectivity index (χ2v) is 3.22. The molecule has 0 fully saturated rings. The van der Waals surface area contributed by atoms with Crippen molar-refractivity contribution in [3.05, 3.63) is 24.3 Å². The van der Waals surface area contributed by atoms with Crippen molar-refractivity contribution in [3.63, 3.8) is 0 Å². The fourth-order valence-corrected chi connectivity index (χ4v) is 1.43. The highest BCUT2D eigenvalue weighted by Crippen LogP contribution is 2.25. The largest absolute Gasteiger partial charge is 0.496 e. The third-order valence-electron chi connectivity index (χ3n) is 2.17. The van der Waals surface area contributed by atoms with Crippen molar-refractivity contribution >= 4 is 0 Å². The Morgan fingerprint density at radius 2 is 2.29 bits per heavy atom. The van der Waals surface area contributed by atoms with E-state index < -0.39 is 0 Å². The number of terminal acetylenes is 1. The first-order valence-corrected chi connectivity index (χ1v) is 5.02. The molecule has 2 rings (SSSR count). The SMILES string of the molecule is C#CCOc1n[nH]c(-c2ccccc2OC)[nH+]1. The van der Waals surface area contributed by atoms with Gasteiger partial charge < -0.3 is 9.47 Å². The first-order chi connectivity index (χ1) is 8.35. The zero-order valence-corrected chi connectivity index (χ0v) is 9.36. The number of benzene rings is 1. The van der Waals surface area contributed by atoms with Crippen LogP contribution in [0, 0.1) is 12.3 Å². The maximum Gasteiger partial charge on any atom is 0.467 e. The molecule has 5 nitrogen and oxygen atoms in total. The highest BCUT2D eigenvalue weighted by molar-refractivity contribution is 5.61. The Balaban J connectivity index is 2.28. The molecular weight excluding hydrogens is 218 g/mol. The Kier molecular flexibility index (Phi) is 3.26. The summed E-state index contributed by atoms with van der Waals surface area (Å²) in [4.78, 5) is 2.97. The third-order valence-corrected chi connectivity index (χ3v) is 2.17. The second-order valence-electron chi connectivity index (χ2n) is 3.22. The molecule has 17 heavy (non-hydrogen) atoms. The van der Waals surface area contributed by atoms with E-state index >= 15 is 0 Å². The molecule has 2 N–H and O–H groups in total. The summed E-state index contributed by atoms with van der Waals surface area (Å²) < 4.78 is 10.4. The fraction of sp³-hybridized carbons (Fsp3) is 0.167. The standard InChI is InChI=1S/C12H11N3O2/c1-3-8-17-12-13-11(14-15-12)9-6-4-5-7-10(9)16-2/h1,4-7H,8H2,2H3,(H,13,14,15)/p+1. The Morgan fingerprint density at radius 1 is 1.47 bits per heavy atom. The summed E-state index contributed by atoms with van der Waals surface area (Å²) in [7, 11) is 1.62. The smallest absolute Gasteiger partial charge is 0.467 e. The number of para-hydroxylation sites is 1. The van der Waals surface area contributed by atoms with Crippen molar-refractivity contribution in [2.75, 3.05) is 13.7 Å². The molecule has 0 bridgehead atoms. The van der Waals surface area contributed by atoms with E-state index in [1.165, 1.54) is 0 Å². The van der Waals surface area contributed by atoms with Crippen LogP contribution in [0.1, 0.15) is 0 Å². The first-order valence-electron chi connectivity index (χ1n) is 5.02. The van der Waals surface area contributed by atoms with E-state index in [2.05, 4.69) is 21.1 Å². The fourth-order valence-electron chi connectivity index (χ4n) is 1.43. The van der Waals surface area contributed by atoms with Gasteiger partial charge in [0.15, 0.2) is 6.61 Å². The second kappa shape index (κ2) is 5.03. The van der Waals surface area contributed by atoms with Crippen LogP contribution >= 0.6 is 0 Å². The third kappa shape index (κ3) is 2.37. The minimum absolute atomic E-state index is 0.173. The number of aromatic nitrogens is 3. The van der Waals surface area contributed by atoms with Gasteiger partial charge in [-0.25, -0.2) is 4.98 Å². The quantitative estimate of drug-likeness (QED) is 0.794. The van der Waals surface area contributed by atoms with Crippen LogP contribution < -0.4 is 14.5 Å². The highest BCUT2D eigenvalue weighted by Gasteiger charge is 2.16. The molecule has 0 atom stereocenters. The van der Waals surface area contributed by atoms with Crippen LogP contribution in [0.15, 0.2) is 24.3 Å². The van der Waals surface area contributed by atoms with E-state index in [9.17, 15) is 0 Å². The van der Waals surface area contributed by atoms with Crippen molar-refractivity contribution in [2.45, 2.75) is 0 Å². The lowest BCUT2D eigenvalue weighted by Crippen LogP contribution is -2.09. The van der Waals surface area contributed by atoms with Gasteiger partial charge >= 0.3 is 6.01 Å². The van der Waals surface area contributed by atoms with Gasteiger partial charge in [-0.2, -0.15) is 0 Å². The molecule has 0 saturated heterocycles. The summed E-state index contributed by atoms with van der Waals surface area (Å²) in [5.41, 5.74) is 0.873. The van der Waals surface area contributed by atoms with Crippen LogP contribution in [-0.4, -0.2) is 23.9 Å². The number of ether oxygens (including phenoxy) is 2. The van der Waals surface area contributed by atoms with Crippen molar-refractivity contribution in [1.29, 1.82) is 0 Å². The minimum atomic E-state index is 0.173. The Hall–Kier alpha value is -2.48. The minimum Gasteiger partial charge on any atom is -0.496 e. The van der Waals surface area contributed by atoms with Gasteiger partial charge in [0.25, 0.3) is 5.82 Å². The average molecular weight is 230 g/mol. The van der Waals surface area contributed by atoms with Crippen LogP contribution in [0.25, 0.3) is 11.4 Å². The predicted molar refractivity (Wildman–Crippen MR) is 61.5 cm³/mol. The predicted octanol–water partition coefficient (Wildman–Crippen LogP) is 0.911. The van der Waals surface area contributed by atoms with Gasteiger partial charge in [0.2, 0.25) is 0 Å². The van der Waals surface area contributed by atoms with E-state index in [1.807, 2.05) is 24.3 Å². The Bertz CT molecular complexity index is 543. The number of nitrogens with zero attached hydrogens (tertiary/aromatic N) is 1. The van der Waals surface area contributed by atoms with Gasteiger partial charge in [-0.3, -0.25) is 0 Å². The molecular formula is C12H12N3O2+. The van der Waals surface area contributed by atoms with Gasteiger partial charge in [-0.15, -0.1) is 11.5 Å². The lowest BCUT2D eigenvalue weighted by molar-refractivity contribution is -0.381. The summed E-state index contributed by atoms with van der Waals surface area (Å²) in [6.07, 6.45) is 5.09. The first kappa shape index (κ1) is 11.0. The zero-order chi connectivity index (χ0) is 12.1. The molecule has 0 saturated carbocycles. The van der Waals surface area contributed by atoms with Gasteiger partial charge in [-0.05, 0) is 12.1 Å². The summed E-state index contributed by atoms with van der Waals surface area (Å²) in [6, 6.07) is 7.94. The van der Waals surface area contributed by atoms with Gasteiger partial charge in [0.05, 0.1) is 17.8 Å². The topological polar surface area (TPSA) is 61.3 Å². The summed E-state index contributed by atoms with van der Waals surface area (Å²) in [5, 5.41) is 6.78. The molecule has 86 valence electrons. The number of H-pyrrole nitrogens is 2. The molecule has 1 heterocycles. The van der Waals surface area contributed by atoms with Crippen LogP contribution in [0.4, 0.5) is 0 Å². The molecule has 0 aliphatic carbocycles. The maximum absolute atomic E-state index is 5.25. The van der Waals surface area contributed by atoms with E-state index in [1.54, 1.807) is 7.11 Å². The molecule has 0 unspecified atom stereocenters. The Morgan fingerprint density at radius 3 is 3.06 bits per heavy atom. The number of nitrogens with one attached hydrogen (secondary N) is 2. The number of aromatic amines is 2. The summed E-state index contributed by atoms with van der Waals surface area (Å²) >= 11 is 0. The Labute approximate surface area is 98.8 Å². The van der Waals surface area contributed by atoms with Crippen LogP contribution in [0.2, 0.25) is 0 Å². The van der Waals surface area contributed by atoms with Crippen LogP contribution in [-0.2, 0) is 0 Å². The van der Waals surface area contributed by atoms with Gasteiger partial charge in [0.1, 0.15) is 5.75 Å². The number of methoxy groups -OCH3 is 1. The van der Waals surface area contributed by atoms with Gasteiger partial charge in [0, 0.05) is 0 Å². The average Bonchev–Trinajstić information content (AvgIpc) is 2.85. The van der Waals surface area contributed by atoms with Crippen LogP contribution in [0.5, 0.6) is 11.8 Å². The van der Waals surface area contributed by atoms with Crippen molar-refractivity contribution in [3.8, 4) is 35.5 Å². The molecule has 2 aromatic rings. The summed E-state index contributed by atoms with van der Waals surface area (Å²) in [6.45, 7) is 0.173. The van der Waals surface area contributed by atoms with E-state index in [-0.39, 0.29) is 6.61 Å². The normalized spacial score (nSPS) is 9.65.